The Morgan fingerprint density at radius 2 is 1.90 bits per heavy atom. The predicted molar refractivity (Wildman–Crippen MR) is 143 cm³/mol. The first-order chi connectivity index (χ1) is 18.4. The second-order valence-electron chi connectivity index (χ2n) is 10.3. The van der Waals surface area contributed by atoms with E-state index in [0.29, 0.717) is 0 Å². The second-order valence-corrected chi connectivity index (χ2v) is 13.1. The van der Waals surface area contributed by atoms with Crippen molar-refractivity contribution in [3.05, 3.63) is 33.1 Å². The molecule has 17 heteroatoms. The van der Waals surface area contributed by atoms with Gasteiger partial charge >= 0.3 is 19.4 Å². The highest BCUT2D eigenvalue weighted by molar-refractivity contribution is 8.13. The minimum absolute atomic E-state index is 0.112. The number of aliphatic hydroxyl groups is 2. The lowest BCUT2D eigenvalue weighted by atomic mass is 10.00. The van der Waals surface area contributed by atoms with Crippen LogP contribution in [0.2, 0.25) is 0 Å². The van der Waals surface area contributed by atoms with Gasteiger partial charge < -0.3 is 24.4 Å². The number of hydrogen-bond donors (Lipinski definition) is 4. The second kappa shape index (κ2) is 13.9. The largest absolute Gasteiger partial charge is 0.462 e. The van der Waals surface area contributed by atoms with E-state index in [1.54, 1.807) is 34.6 Å². The summed E-state index contributed by atoms with van der Waals surface area (Å²) in [6, 6.07) is -0.151. The number of aromatic nitrogens is 2. The van der Waals surface area contributed by atoms with Gasteiger partial charge in [0.2, 0.25) is 5.79 Å². The van der Waals surface area contributed by atoms with Crippen molar-refractivity contribution in [2.75, 3.05) is 26.1 Å². The van der Waals surface area contributed by atoms with Crippen LogP contribution in [0.4, 0.5) is 0 Å². The lowest BCUT2D eigenvalue weighted by Crippen LogP contribution is -2.49. The minimum atomic E-state index is -4.38. The molecule has 1 aromatic heterocycles. The molecule has 15 nitrogen and oxygen atoms in total. The summed E-state index contributed by atoms with van der Waals surface area (Å²) in [6.07, 6.45) is -4.47. The van der Waals surface area contributed by atoms with Crippen molar-refractivity contribution in [2.45, 2.75) is 77.9 Å². The van der Waals surface area contributed by atoms with Crippen molar-refractivity contribution in [1.82, 2.24) is 14.6 Å². The smallest absolute Gasteiger partial charge is 0.406 e. The molecule has 40 heavy (non-hydrogen) atoms. The van der Waals surface area contributed by atoms with Crippen LogP contribution in [0.3, 0.4) is 0 Å². The molecule has 0 aromatic carbocycles. The Bertz CT molecular complexity index is 1200. The van der Waals surface area contributed by atoms with Crippen LogP contribution in [0.15, 0.2) is 21.9 Å². The third kappa shape index (κ3) is 8.81. The van der Waals surface area contributed by atoms with Crippen LogP contribution in [0, 0.1) is 5.41 Å². The number of methoxy groups -OCH3 is 1. The summed E-state index contributed by atoms with van der Waals surface area (Å²) in [5, 5.41) is 23.7. The molecule has 1 fully saturated rings. The molecule has 1 saturated heterocycles. The average Bonchev–Trinajstić information content (AvgIpc) is 3.10. The lowest BCUT2D eigenvalue weighted by molar-refractivity contribution is -0.267. The van der Waals surface area contributed by atoms with Crippen LogP contribution < -0.4 is 16.3 Å². The van der Waals surface area contributed by atoms with Gasteiger partial charge in [0.05, 0.1) is 12.7 Å². The molecule has 0 spiro atoms. The van der Waals surface area contributed by atoms with Crippen molar-refractivity contribution in [3.8, 4) is 0 Å². The summed E-state index contributed by atoms with van der Waals surface area (Å²) in [5.74, 6) is -2.79. The summed E-state index contributed by atoms with van der Waals surface area (Å²) < 4.78 is 41.6. The monoisotopic (exact) mass is 611 g/mol. The number of thioether (sulfide) groups is 1. The Kier molecular flexibility index (Phi) is 11.9. The molecular formula is C23H38N3O12PS. The van der Waals surface area contributed by atoms with Crippen LogP contribution in [-0.4, -0.2) is 87.1 Å². The summed E-state index contributed by atoms with van der Waals surface area (Å²) in [6.45, 7) is 8.86. The van der Waals surface area contributed by atoms with Crippen LogP contribution in [0.1, 0.15) is 47.8 Å². The quantitative estimate of drug-likeness (QED) is 0.136. The van der Waals surface area contributed by atoms with Crippen molar-refractivity contribution in [3.63, 3.8) is 0 Å². The van der Waals surface area contributed by atoms with E-state index in [2.05, 4.69) is 5.09 Å². The molecule has 1 unspecified atom stereocenters. The van der Waals surface area contributed by atoms with E-state index < -0.39 is 73.4 Å². The number of nitrogens with zero attached hydrogens (tertiary/aromatic N) is 1. The van der Waals surface area contributed by atoms with Crippen LogP contribution in [0.5, 0.6) is 0 Å². The maximum atomic E-state index is 13.7. The van der Waals surface area contributed by atoms with Gasteiger partial charge in [-0.05, 0) is 20.8 Å². The fourth-order valence-electron chi connectivity index (χ4n) is 3.38. The SMILES string of the molecule is CO[C@]1(COP(=O)(N[C@@H](C)C(=O)OC(C)C)OCCSC(=O)C(C)(C)C)O[C@@H](n2ccc(=O)[nH]c2=O)[C@H](O)[C@@H]1O. The van der Waals surface area contributed by atoms with E-state index >= 15 is 0 Å². The molecule has 0 saturated carbocycles. The molecular weight excluding hydrogens is 573 g/mol. The van der Waals surface area contributed by atoms with Crippen molar-refractivity contribution in [1.29, 1.82) is 0 Å². The van der Waals surface area contributed by atoms with E-state index in [0.717, 1.165) is 35.7 Å². The first kappa shape index (κ1) is 34.3. The Hall–Kier alpha value is -1.88. The lowest BCUT2D eigenvalue weighted by Gasteiger charge is -2.32. The first-order valence-corrected chi connectivity index (χ1v) is 14.9. The Morgan fingerprint density at radius 1 is 1.25 bits per heavy atom. The van der Waals surface area contributed by atoms with Gasteiger partial charge in [0.1, 0.15) is 24.9 Å². The molecule has 228 valence electrons. The fraction of sp³-hybridized carbons (Fsp3) is 0.739. The van der Waals surface area contributed by atoms with Gasteiger partial charge in [-0.25, -0.2) is 14.4 Å². The summed E-state index contributed by atoms with van der Waals surface area (Å²) in [5.41, 5.74) is -2.22. The molecule has 1 aliphatic heterocycles. The number of aliphatic hydroxyl groups excluding tert-OH is 2. The maximum Gasteiger partial charge on any atom is 0.406 e. The number of ether oxygens (including phenoxy) is 3. The summed E-state index contributed by atoms with van der Waals surface area (Å²) in [7, 11) is -3.26. The van der Waals surface area contributed by atoms with Crippen LogP contribution in [-0.2, 0) is 37.4 Å². The van der Waals surface area contributed by atoms with Crippen LogP contribution >= 0.6 is 19.5 Å². The predicted octanol–water partition coefficient (Wildman–Crippen LogP) is 0.507. The van der Waals surface area contributed by atoms with Gasteiger partial charge in [-0.2, -0.15) is 0 Å². The highest BCUT2D eigenvalue weighted by Gasteiger charge is 2.57. The van der Waals surface area contributed by atoms with E-state index in [9.17, 15) is 34.0 Å². The van der Waals surface area contributed by atoms with Gasteiger partial charge in [-0.1, -0.05) is 32.5 Å². The van der Waals surface area contributed by atoms with E-state index in [-0.39, 0.29) is 17.5 Å². The summed E-state index contributed by atoms with van der Waals surface area (Å²) in [4.78, 5) is 50.2. The molecule has 1 aliphatic rings. The van der Waals surface area contributed by atoms with E-state index in [1.807, 2.05) is 4.98 Å². The zero-order chi connectivity index (χ0) is 30.5. The van der Waals surface area contributed by atoms with Crippen LogP contribution in [0.25, 0.3) is 0 Å². The van der Waals surface area contributed by atoms with Gasteiger partial charge in [-0.15, -0.1) is 0 Å². The number of H-pyrrole nitrogens is 1. The van der Waals surface area contributed by atoms with Gasteiger partial charge in [0.15, 0.2) is 11.3 Å². The number of rotatable bonds is 13. The maximum absolute atomic E-state index is 13.7. The van der Waals surface area contributed by atoms with Crippen molar-refractivity contribution in [2.24, 2.45) is 5.41 Å². The molecule has 6 atom stereocenters. The minimum Gasteiger partial charge on any atom is -0.462 e. The number of aromatic amines is 1. The number of carbonyl (C=O) groups is 2. The van der Waals surface area contributed by atoms with Gasteiger partial charge in [0.25, 0.3) is 5.56 Å². The molecule has 4 N–H and O–H groups in total. The highest BCUT2D eigenvalue weighted by Crippen LogP contribution is 2.48. The van der Waals surface area contributed by atoms with Gasteiger partial charge in [-0.3, -0.25) is 33.0 Å². The zero-order valence-electron chi connectivity index (χ0n) is 23.4. The Morgan fingerprint density at radius 3 is 2.45 bits per heavy atom. The number of nitrogens with one attached hydrogen (secondary N) is 2. The normalized spacial score (nSPS) is 25.5. The number of hydrogen-bond acceptors (Lipinski definition) is 13. The molecule has 0 bridgehead atoms. The van der Waals surface area contributed by atoms with Gasteiger partial charge in [0, 0.05) is 30.5 Å². The number of carbonyl (C=O) groups excluding carboxylic acids is 2. The number of esters is 1. The standard InChI is InChI=1S/C23H38N3O12PS/c1-13(2)37-19(30)14(3)25-39(33,35-10-11-40-20(31)22(4,5)6)36-12-23(34-7)17(29)16(28)18(38-23)26-9-8-15(27)24-21(26)32/h8-9,13-14,16-18,28-29H,10-12H2,1-7H3,(H,25,33)(H,24,27,32)/t14-,16+,17-,18+,23+,39?/m0/s1. The Labute approximate surface area is 235 Å². The topological polar surface area (TPSA) is 205 Å². The average molecular weight is 612 g/mol. The van der Waals surface area contributed by atoms with Crippen molar-refractivity contribution >= 4 is 30.6 Å². The first-order valence-electron chi connectivity index (χ1n) is 12.4. The third-order valence-corrected chi connectivity index (χ3v) is 8.48. The fourth-order valence-corrected chi connectivity index (χ4v) is 5.77. The molecule has 2 rings (SSSR count). The van der Waals surface area contributed by atoms with E-state index in [4.69, 9.17) is 23.3 Å². The van der Waals surface area contributed by atoms with Crippen molar-refractivity contribution < 1.29 is 47.6 Å². The molecule has 0 radical (unpaired) electrons. The molecule has 0 aliphatic carbocycles. The highest BCUT2D eigenvalue weighted by atomic mass is 32.2. The zero-order valence-corrected chi connectivity index (χ0v) is 25.2. The third-order valence-electron chi connectivity index (χ3n) is 5.54. The molecule has 1 aromatic rings. The molecule has 0 amide bonds. The molecule has 2 heterocycles. The summed E-state index contributed by atoms with van der Waals surface area (Å²) >= 11 is 0.966. The Balaban J connectivity index is 2.24. The van der Waals surface area contributed by atoms with E-state index in [1.165, 1.54) is 6.92 Å².